The van der Waals surface area contributed by atoms with E-state index in [1.165, 1.54) is 17.5 Å². The van der Waals surface area contributed by atoms with Crippen molar-refractivity contribution in [1.29, 1.82) is 0 Å². The molecule has 1 aromatic rings. The van der Waals surface area contributed by atoms with Crippen LogP contribution in [0.4, 0.5) is 0 Å². The van der Waals surface area contributed by atoms with E-state index in [0.717, 1.165) is 38.2 Å². The quantitative estimate of drug-likeness (QED) is 0.878. The summed E-state index contributed by atoms with van der Waals surface area (Å²) >= 11 is 1.97. The molecule has 2 aliphatic rings. The molecule has 2 atom stereocenters. The molecule has 2 aliphatic heterocycles. The molecule has 1 fully saturated rings. The Labute approximate surface area is 131 Å². The number of thioether (sulfide) groups is 1. The average molecular weight is 304 g/mol. The fourth-order valence-corrected chi connectivity index (χ4v) is 4.47. The zero-order valence-electron chi connectivity index (χ0n) is 12.4. The predicted octanol–water partition coefficient (Wildman–Crippen LogP) is 2.52. The van der Waals surface area contributed by atoms with Gasteiger partial charge in [-0.25, -0.2) is 0 Å². The summed E-state index contributed by atoms with van der Waals surface area (Å²) in [6, 6.07) is 8.65. The molecule has 4 heteroatoms. The summed E-state index contributed by atoms with van der Waals surface area (Å²) in [5.41, 5.74) is 2.86. The van der Waals surface area contributed by atoms with Gasteiger partial charge in [0.2, 0.25) is 5.91 Å². The first-order valence-electron chi connectivity index (χ1n) is 8.00. The fraction of sp³-hybridized carbons (Fsp3) is 0.588. The topological polar surface area (TPSA) is 41.1 Å². The molecule has 1 aromatic carbocycles. The van der Waals surface area contributed by atoms with Gasteiger partial charge in [-0.15, -0.1) is 0 Å². The molecule has 1 amide bonds. The molecule has 0 bridgehead atoms. The number of benzene rings is 1. The minimum absolute atomic E-state index is 0.213. The molecule has 0 radical (unpaired) electrons. The first-order chi connectivity index (χ1) is 10.3. The number of hydrogen-bond donors (Lipinski definition) is 2. The van der Waals surface area contributed by atoms with Gasteiger partial charge in [0.15, 0.2) is 0 Å². The minimum Gasteiger partial charge on any atom is -0.355 e. The molecular weight excluding hydrogens is 280 g/mol. The molecule has 3 rings (SSSR count). The van der Waals surface area contributed by atoms with E-state index in [1.54, 1.807) is 0 Å². The standard InChI is InChI=1S/C17H24N2OS/c20-17(6-5-13-7-9-18-11-13)19-12-16-15-4-2-1-3-14(15)8-10-21-16/h1-4,13,16,18H,5-12H2,(H,19,20). The van der Waals surface area contributed by atoms with Crippen LogP contribution in [0.1, 0.15) is 35.6 Å². The van der Waals surface area contributed by atoms with Crippen molar-refractivity contribution >= 4 is 17.7 Å². The molecule has 2 heterocycles. The van der Waals surface area contributed by atoms with Crippen molar-refractivity contribution in [2.75, 3.05) is 25.4 Å². The monoisotopic (exact) mass is 304 g/mol. The number of amides is 1. The smallest absolute Gasteiger partial charge is 0.220 e. The van der Waals surface area contributed by atoms with Crippen molar-refractivity contribution in [2.45, 2.75) is 30.9 Å². The highest BCUT2D eigenvalue weighted by Gasteiger charge is 2.21. The molecule has 2 N–H and O–H groups in total. The van der Waals surface area contributed by atoms with Crippen molar-refractivity contribution in [3.05, 3.63) is 35.4 Å². The lowest BCUT2D eigenvalue weighted by atomic mass is 10.0. The molecule has 1 saturated heterocycles. The lowest BCUT2D eigenvalue weighted by Gasteiger charge is -2.25. The third kappa shape index (κ3) is 4.01. The molecule has 2 unspecified atom stereocenters. The van der Waals surface area contributed by atoms with Crippen molar-refractivity contribution in [2.24, 2.45) is 5.92 Å². The molecule has 0 spiro atoms. The second-order valence-electron chi connectivity index (χ2n) is 6.01. The predicted molar refractivity (Wildman–Crippen MR) is 88.6 cm³/mol. The highest BCUT2D eigenvalue weighted by Crippen LogP contribution is 2.35. The van der Waals surface area contributed by atoms with Crippen LogP contribution in [0.15, 0.2) is 24.3 Å². The lowest BCUT2D eigenvalue weighted by Crippen LogP contribution is -2.29. The van der Waals surface area contributed by atoms with Crippen molar-refractivity contribution in [3.63, 3.8) is 0 Å². The van der Waals surface area contributed by atoms with E-state index in [0.29, 0.717) is 17.6 Å². The summed E-state index contributed by atoms with van der Waals surface area (Å²) in [6.07, 6.45) is 4.07. The van der Waals surface area contributed by atoms with Crippen LogP contribution in [-0.2, 0) is 11.2 Å². The second kappa shape index (κ2) is 7.32. The van der Waals surface area contributed by atoms with Crippen LogP contribution in [0.2, 0.25) is 0 Å². The Bertz CT molecular complexity index is 485. The Balaban J connectivity index is 1.45. The number of fused-ring (bicyclic) bond motifs is 1. The van der Waals surface area contributed by atoms with Gasteiger partial charge < -0.3 is 10.6 Å². The number of nitrogens with one attached hydrogen (secondary N) is 2. The number of carbonyl (C=O) groups excluding carboxylic acids is 1. The molecule has 0 aromatic heterocycles. The van der Waals surface area contributed by atoms with Crippen LogP contribution in [0.5, 0.6) is 0 Å². The Morgan fingerprint density at radius 2 is 2.29 bits per heavy atom. The SMILES string of the molecule is O=C(CCC1CCNC1)NCC1SCCc2ccccc21. The Morgan fingerprint density at radius 1 is 1.38 bits per heavy atom. The number of rotatable bonds is 5. The Morgan fingerprint density at radius 3 is 3.14 bits per heavy atom. The summed E-state index contributed by atoms with van der Waals surface area (Å²) < 4.78 is 0. The van der Waals surface area contributed by atoms with E-state index in [2.05, 4.69) is 34.9 Å². The first-order valence-corrected chi connectivity index (χ1v) is 9.04. The highest BCUT2D eigenvalue weighted by molar-refractivity contribution is 7.99. The van der Waals surface area contributed by atoms with Gasteiger partial charge >= 0.3 is 0 Å². The number of carbonyl (C=O) groups is 1. The van der Waals surface area contributed by atoms with E-state index in [9.17, 15) is 4.79 Å². The maximum absolute atomic E-state index is 12.0. The van der Waals surface area contributed by atoms with E-state index in [4.69, 9.17) is 0 Å². The van der Waals surface area contributed by atoms with Gasteiger partial charge in [-0.1, -0.05) is 24.3 Å². The van der Waals surface area contributed by atoms with E-state index in [-0.39, 0.29) is 5.91 Å². The molecule has 0 aliphatic carbocycles. The Kier molecular flexibility index (Phi) is 5.20. The van der Waals surface area contributed by atoms with Gasteiger partial charge in [0.1, 0.15) is 0 Å². The van der Waals surface area contributed by atoms with Gasteiger partial charge in [0.05, 0.1) is 0 Å². The number of hydrogen-bond acceptors (Lipinski definition) is 3. The zero-order chi connectivity index (χ0) is 14.5. The Hall–Kier alpha value is -1.00. The van der Waals surface area contributed by atoms with Crippen LogP contribution in [0, 0.1) is 5.92 Å². The molecule has 21 heavy (non-hydrogen) atoms. The maximum Gasteiger partial charge on any atom is 0.220 e. The summed E-state index contributed by atoms with van der Waals surface area (Å²) in [7, 11) is 0. The summed E-state index contributed by atoms with van der Waals surface area (Å²) in [6.45, 7) is 2.96. The normalized spacial score (nSPS) is 24.6. The molecule has 0 saturated carbocycles. The van der Waals surface area contributed by atoms with Crippen LogP contribution in [-0.4, -0.2) is 31.3 Å². The van der Waals surface area contributed by atoms with Gasteiger partial charge in [-0.3, -0.25) is 4.79 Å². The maximum atomic E-state index is 12.0. The first kappa shape index (κ1) is 14.9. The molecule has 114 valence electrons. The van der Waals surface area contributed by atoms with Crippen LogP contribution in [0.3, 0.4) is 0 Å². The third-order valence-corrected chi connectivity index (χ3v) is 5.78. The van der Waals surface area contributed by atoms with Crippen LogP contribution >= 0.6 is 11.8 Å². The van der Waals surface area contributed by atoms with Crippen molar-refractivity contribution in [3.8, 4) is 0 Å². The van der Waals surface area contributed by atoms with Gasteiger partial charge in [0, 0.05) is 18.2 Å². The second-order valence-corrected chi connectivity index (χ2v) is 7.32. The van der Waals surface area contributed by atoms with E-state index in [1.807, 2.05) is 11.8 Å². The van der Waals surface area contributed by atoms with E-state index >= 15 is 0 Å². The zero-order valence-corrected chi connectivity index (χ0v) is 13.3. The molecule has 3 nitrogen and oxygen atoms in total. The van der Waals surface area contributed by atoms with Crippen molar-refractivity contribution in [1.82, 2.24) is 10.6 Å². The third-order valence-electron chi connectivity index (χ3n) is 4.52. The van der Waals surface area contributed by atoms with Gasteiger partial charge in [-0.05, 0) is 55.1 Å². The van der Waals surface area contributed by atoms with E-state index < -0.39 is 0 Å². The highest BCUT2D eigenvalue weighted by atomic mass is 32.2. The van der Waals surface area contributed by atoms with Gasteiger partial charge in [-0.2, -0.15) is 11.8 Å². The summed E-state index contributed by atoms with van der Waals surface area (Å²) in [5, 5.41) is 6.92. The fourth-order valence-electron chi connectivity index (χ4n) is 3.24. The van der Waals surface area contributed by atoms with Crippen LogP contribution in [0.25, 0.3) is 0 Å². The lowest BCUT2D eigenvalue weighted by molar-refractivity contribution is -0.121. The summed E-state index contributed by atoms with van der Waals surface area (Å²) in [5.74, 6) is 2.07. The van der Waals surface area contributed by atoms with Crippen molar-refractivity contribution < 1.29 is 4.79 Å². The summed E-state index contributed by atoms with van der Waals surface area (Å²) in [4.78, 5) is 12.0. The number of aryl methyl sites for hydroxylation is 1. The minimum atomic E-state index is 0.213. The van der Waals surface area contributed by atoms with Gasteiger partial charge in [0.25, 0.3) is 0 Å². The average Bonchev–Trinajstić information content (AvgIpc) is 3.04. The largest absolute Gasteiger partial charge is 0.355 e. The van der Waals surface area contributed by atoms with Crippen LogP contribution < -0.4 is 10.6 Å². The molecular formula is C17H24N2OS.